The molecule has 86 valence electrons. The monoisotopic (exact) mass is 261 g/mol. The standard InChI is InChI=1S/C9H18Cl3NO/c1-2-3-4-5-6-14-8(7-13)9(10,11)12/h8H,2-7,13H2,1H3/t8-/m1/s1. The summed E-state index contributed by atoms with van der Waals surface area (Å²) in [5.74, 6) is 0. The molecule has 2 nitrogen and oxygen atoms in total. The van der Waals surface area contributed by atoms with Gasteiger partial charge in [-0.05, 0) is 6.42 Å². The maximum atomic E-state index is 5.67. The van der Waals surface area contributed by atoms with E-state index in [0.29, 0.717) is 6.61 Å². The van der Waals surface area contributed by atoms with Crippen LogP contribution < -0.4 is 5.73 Å². The molecule has 0 heterocycles. The third-order valence-electron chi connectivity index (χ3n) is 1.90. The topological polar surface area (TPSA) is 35.2 Å². The highest BCUT2D eigenvalue weighted by atomic mass is 35.6. The number of rotatable bonds is 7. The van der Waals surface area contributed by atoms with Gasteiger partial charge in [-0.15, -0.1) is 0 Å². The molecular formula is C9H18Cl3NO. The van der Waals surface area contributed by atoms with E-state index < -0.39 is 9.90 Å². The lowest BCUT2D eigenvalue weighted by molar-refractivity contribution is 0.0590. The van der Waals surface area contributed by atoms with Gasteiger partial charge in [0.05, 0.1) is 0 Å². The van der Waals surface area contributed by atoms with Crippen molar-refractivity contribution < 1.29 is 4.74 Å². The first-order chi connectivity index (χ1) is 6.52. The van der Waals surface area contributed by atoms with Crippen LogP contribution in [0.3, 0.4) is 0 Å². The van der Waals surface area contributed by atoms with E-state index in [-0.39, 0.29) is 6.54 Å². The zero-order valence-corrected chi connectivity index (χ0v) is 10.7. The Kier molecular flexibility index (Phi) is 8.45. The zero-order chi connectivity index (χ0) is 11.0. The molecule has 5 heteroatoms. The van der Waals surface area contributed by atoms with Crippen LogP contribution in [0.2, 0.25) is 0 Å². The number of halogens is 3. The Morgan fingerprint density at radius 2 is 1.86 bits per heavy atom. The van der Waals surface area contributed by atoms with E-state index in [0.717, 1.165) is 12.8 Å². The number of hydrogen-bond donors (Lipinski definition) is 1. The van der Waals surface area contributed by atoms with Crippen molar-refractivity contribution in [2.75, 3.05) is 13.2 Å². The van der Waals surface area contributed by atoms with E-state index >= 15 is 0 Å². The highest BCUT2D eigenvalue weighted by Crippen LogP contribution is 2.31. The van der Waals surface area contributed by atoms with Crippen molar-refractivity contribution in [2.45, 2.75) is 42.5 Å². The van der Waals surface area contributed by atoms with Gasteiger partial charge in [0.25, 0.3) is 0 Å². The number of nitrogens with two attached hydrogens (primary N) is 1. The molecular weight excluding hydrogens is 244 g/mol. The minimum atomic E-state index is -1.42. The summed E-state index contributed by atoms with van der Waals surface area (Å²) in [6.45, 7) is 2.99. The molecule has 0 bridgehead atoms. The van der Waals surface area contributed by atoms with Crippen LogP contribution in [-0.4, -0.2) is 23.0 Å². The lowest BCUT2D eigenvalue weighted by atomic mass is 10.2. The molecule has 1 atom stereocenters. The number of unbranched alkanes of at least 4 members (excludes halogenated alkanes) is 3. The largest absolute Gasteiger partial charge is 0.372 e. The van der Waals surface area contributed by atoms with Crippen LogP contribution >= 0.6 is 34.8 Å². The first-order valence-corrected chi connectivity index (χ1v) is 6.04. The van der Waals surface area contributed by atoms with Gasteiger partial charge in [0.2, 0.25) is 3.79 Å². The Labute approximate surface area is 101 Å². The average molecular weight is 263 g/mol. The highest BCUT2D eigenvalue weighted by molar-refractivity contribution is 6.68. The Balaban J connectivity index is 3.54. The predicted octanol–water partition coefficient (Wildman–Crippen LogP) is 3.28. The van der Waals surface area contributed by atoms with E-state index in [1.54, 1.807) is 0 Å². The summed E-state index contributed by atoms with van der Waals surface area (Å²) >= 11 is 17.0. The van der Waals surface area contributed by atoms with Crippen molar-refractivity contribution in [1.82, 2.24) is 0 Å². The highest BCUT2D eigenvalue weighted by Gasteiger charge is 2.32. The summed E-state index contributed by atoms with van der Waals surface area (Å²) in [4.78, 5) is 0. The van der Waals surface area contributed by atoms with Gasteiger partial charge in [-0.25, -0.2) is 0 Å². The van der Waals surface area contributed by atoms with E-state index in [1.165, 1.54) is 12.8 Å². The van der Waals surface area contributed by atoms with Crippen molar-refractivity contribution in [3.8, 4) is 0 Å². The van der Waals surface area contributed by atoms with E-state index in [4.69, 9.17) is 45.3 Å². The molecule has 14 heavy (non-hydrogen) atoms. The van der Waals surface area contributed by atoms with Gasteiger partial charge < -0.3 is 10.5 Å². The Morgan fingerprint density at radius 3 is 2.29 bits per heavy atom. The summed E-state index contributed by atoms with van der Waals surface area (Å²) in [5.41, 5.74) is 5.42. The van der Waals surface area contributed by atoms with Gasteiger partial charge in [0, 0.05) is 13.2 Å². The molecule has 0 spiro atoms. The zero-order valence-electron chi connectivity index (χ0n) is 8.44. The Bertz CT molecular complexity index is 139. The molecule has 0 rings (SSSR count). The van der Waals surface area contributed by atoms with Gasteiger partial charge in [0.1, 0.15) is 6.10 Å². The summed E-state index contributed by atoms with van der Waals surface area (Å²) in [6, 6.07) is 0. The van der Waals surface area contributed by atoms with Crippen LogP contribution in [0, 0.1) is 0 Å². The molecule has 0 aliphatic carbocycles. The molecule has 0 aliphatic rings. The number of hydrogen-bond acceptors (Lipinski definition) is 2. The second-order valence-electron chi connectivity index (χ2n) is 3.20. The Morgan fingerprint density at radius 1 is 1.21 bits per heavy atom. The minimum absolute atomic E-state index is 0.226. The minimum Gasteiger partial charge on any atom is -0.372 e. The molecule has 0 saturated heterocycles. The van der Waals surface area contributed by atoms with Gasteiger partial charge >= 0.3 is 0 Å². The molecule has 2 N–H and O–H groups in total. The second kappa shape index (κ2) is 8.00. The lowest BCUT2D eigenvalue weighted by Crippen LogP contribution is -2.36. The van der Waals surface area contributed by atoms with Crippen molar-refractivity contribution in [3.63, 3.8) is 0 Å². The van der Waals surface area contributed by atoms with Crippen LogP contribution in [0.4, 0.5) is 0 Å². The number of ether oxygens (including phenoxy) is 1. The average Bonchev–Trinajstić information content (AvgIpc) is 2.09. The smallest absolute Gasteiger partial charge is 0.217 e. The molecule has 0 amide bonds. The second-order valence-corrected chi connectivity index (χ2v) is 5.57. The molecule has 0 radical (unpaired) electrons. The van der Waals surface area contributed by atoms with Crippen LogP contribution in [-0.2, 0) is 4.74 Å². The summed E-state index contributed by atoms with van der Waals surface area (Å²) in [5, 5.41) is 0. The summed E-state index contributed by atoms with van der Waals surface area (Å²) in [6.07, 6.45) is 4.04. The molecule has 0 aromatic heterocycles. The molecule has 0 aromatic carbocycles. The lowest BCUT2D eigenvalue weighted by Gasteiger charge is -2.23. The van der Waals surface area contributed by atoms with E-state index in [1.807, 2.05) is 0 Å². The van der Waals surface area contributed by atoms with Crippen LogP contribution in [0.5, 0.6) is 0 Å². The van der Waals surface area contributed by atoms with Crippen molar-refractivity contribution in [3.05, 3.63) is 0 Å². The quantitative estimate of drug-likeness (QED) is 0.564. The Hall–Kier alpha value is 0.790. The van der Waals surface area contributed by atoms with Crippen molar-refractivity contribution in [1.29, 1.82) is 0 Å². The summed E-state index contributed by atoms with van der Waals surface area (Å²) in [7, 11) is 0. The third-order valence-corrected chi connectivity index (χ3v) is 2.63. The predicted molar refractivity (Wildman–Crippen MR) is 63.2 cm³/mol. The third kappa shape index (κ3) is 7.13. The van der Waals surface area contributed by atoms with Crippen LogP contribution in [0.15, 0.2) is 0 Å². The normalized spacial score (nSPS) is 14.4. The fourth-order valence-corrected chi connectivity index (χ4v) is 1.51. The molecule has 0 aromatic rings. The van der Waals surface area contributed by atoms with Crippen LogP contribution in [0.25, 0.3) is 0 Å². The van der Waals surface area contributed by atoms with Crippen molar-refractivity contribution in [2.24, 2.45) is 5.73 Å². The maximum absolute atomic E-state index is 5.67. The van der Waals surface area contributed by atoms with Crippen LogP contribution in [0.1, 0.15) is 32.6 Å². The first-order valence-electron chi connectivity index (χ1n) is 4.90. The fraction of sp³-hybridized carbons (Fsp3) is 1.00. The van der Waals surface area contributed by atoms with Gasteiger partial charge in [-0.2, -0.15) is 0 Å². The SMILES string of the molecule is CCCCCCO[C@H](CN)C(Cl)(Cl)Cl. The van der Waals surface area contributed by atoms with Gasteiger partial charge in [0.15, 0.2) is 0 Å². The van der Waals surface area contributed by atoms with Gasteiger partial charge in [-0.3, -0.25) is 0 Å². The fourth-order valence-electron chi connectivity index (χ4n) is 1.05. The van der Waals surface area contributed by atoms with Crippen molar-refractivity contribution >= 4 is 34.8 Å². The summed E-state index contributed by atoms with van der Waals surface area (Å²) < 4.78 is 3.96. The maximum Gasteiger partial charge on any atom is 0.217 e. The molecule has 0 fully saturated rings. The van der Waals surface area contributed by atoms with E-state index in [2.05, 4.69) is 6.92 Å². The molecule has 0 aliphatic heterocycles. The first kappa shape index (κ1) is 14.8. The van der Waals surface area contributed by atoms with Gasteiger partial charge in [-0.1, -0.05) is 61.0 Å². The molecule has 0 unspecified atom stereocenters. The number of alkyl halides is 3. The molecule has 0 saturated carbocycles. The van der Waals surface area contributed by atoms with E-state index in [9.17, 15) is 0 Å².